The van der Waals surface area contributed by atoms with E-state index in [0.717, 1.165) is 25.7 Å². The third-order valence-electron chi connectivity index (χ3n) is 3.12. The van der Waals surface area contributed by atoms with Crippen molar-refractivity contribution in [2.75, 3.05) is 11.9 Å². The molecule has 0 saturated heterocycles. The van der Waals surface area contributed by atoms with Crippen LogP contribution >= 0.6 is 15.9 Å². The number of ketones is 1. The van der Waals surface area contributed by atoms with Crippen molar-refractivity contribution in [2.24, 2.45) is 5.16 Å². The molecule has 0 aliphatic heterocycles. The Balaban J connectivity index is 2.76. The molecule has 0 aromatic heterocycles. The van der Waals surface area contributed by atoms with Crippen molar-refractivity contribution in [2.45, 2.75) is 51.6 Å². The van der Waals surface area contributed by atoms with Gasteiger partial charge in [0.05, 0.1) is 11.9 Å². The second kappa shape index (κ2) is 7.62. The first-order chi connectivity index (χ1) is 9.02. The van der Waals surface area contributed by atoms with E-state index in [2.05, 4.69) is 21.1 Å². The highest BCUT2D eigenvalue weighted by Gasteiger charge is 2.30. The van der Waals surface area contributed by atoms with Crippen molar-refractivity contribution in [3.8, 4) is 0 Å². The van der Waals surface area contributed by atoms with Crippen LogP contribution in [-0.2, 0) is 19.2 Å². The van der Waals surface area contributed by atoms with Crippen LogP contribution in [0, 0.1) is 0 Å². The zero-order valence-corrected chi connectivity index (χ0v) is 13.0. The molecule has 0 unspecified atom stereocenters. The molecule has 0 bridgehead atoms. The summed E-state index contributed by atoms with van der Waals surface area (Å²) in [6, 6.07) is 0. The van der Waals surface area contributed by atoms with Gasteiger partial charge in [-0.2, -0.15) is 0 Å². The Morgan fingerprint density at radius 1 is 1.26 bits per heavy atom. The van der Waals surface area contributed by atoms with Gasteiger partial charge >= 0.3 is 5.97 Å². The number of ether oxygens (including phenoxy) is 1. The van der Waals surface area contributed by atoms with Crippen molar-refractivity contribution in [3.05, 3.63) is 0 Å². The highest BCUT2D eigenvalue weighted by Crippen LogP contribution is 2.31. The molecule has 1 rings (SSSR count). The molecule has 0 heterocycles. The van der Waals surface area contributed by atoms with Crippen LogP contribution in [-0.4, -0.2) is 35.0 Å². The van der Waals surface area contributed by atoms with Gasteiger partial charge in [0, 0.05) is 0 Å². The number of hydrogen-bond acceptors (Lipinski definition) is 5. The Kier molecular flexibility index (Phi) is 6.48. The molecule has 0 N–H and O–H groups in total. The largest absolute Gasteiger partial charge is 0.461 e. The summed E-state index contributed by atoms with van der Waals surface area (Å²) in [4.78, 5) is 28.8. The number of Topliss-reactive ketones (excluding diaryl/α,β-unsaturated/α-hetero) is 1. The first-order valence-corrected chi connectivity index (χ1v) is 7.67. The first-order valence-electron chi connectivity index (χ1n) is 6.55. The number of oxime groups is 1. The van der Waals surface area contributed by atoms with Crippen molar-refractivity contribution in [1.82, 2.24) is 0 Å². The van der Waals surface area contributed by atoms with Gasteiger partial charge in [0.2, 0.25) is 11.5 Å². The minimum absolute atomic E-state index is 0.0186. The number of nitrogens with zero attached hydrogens (tertiary/aromatic N) is 1. The van der Waals surface area contributed by atoms with E-state index in [9.17, 15) is 9.59 Å². The Morgan fingerprint density at radius 3 is 2.42 bits per heavy atom. The monoisotopic (exact) mass is 333 g/mol. The van der Waals surface area contributed by atoms with Gasteiger partial charge in [-0.3, -0.25) is 4.79 Å². The predicted octanol–water partition coefficient (Wildman–Crippen LogP) is 2.61. The fraction of sp³-hybridized carbons (Fsp3) is 0.769. The quantitative estimate of drug-likeness (QED) is 0.246. The number of alkyl halides is 1. The topological polar surface area (TPSA) is 65.0 Å². The van der Waals surface area contributed by atoms with Gasteiger partial charge < -0.3 is 9.57 Å². The van der Waals surface area contributed by atoms with E-state index in [-0.39, 0.29) is 23.2 Å². The minimum atomic E-state index is -0.730. The summed E-state index contributed by atoms with van der Waals surface area (Å²) >= 11 is 3.02. The van der Waals surface area contributed by atoms with E-state index in [1.165, 1.54) is 6.42 Å². The first kappa shape index (κ1) is 16.1. The van der Waals surface area contributed by atoms with Gasteiger partial charge in [-0.1, -0.05) is 27.5 Å². The Labute approximate surface area is 121 Å². The van der Waals surface area contributed by atoms with Gasteiger partial charge in [-0.05, 0) is 39.5 Å². The fourth-order valence-corrected chi connectivity index (χ4v) is 2.28. The highest BCUT2D eigenvalue weighted by molar-refractivity contribution is 9.09. The molecule has 108 valence electrons. The van der Waals surface area contributed by atoms with Crippen LogP contribution in [0.15, 0.2) is 5.16 Å². The van der Waals surface area contributed by atoms with E-state index >= 15 is 0 Å². The summed E-state index contributed by atoms with van der Waals surface area (Å²) in [5, 5.41) is 3.79. The lowest BCUT2D eigenvalue weighted by atomic mass is 9.87. The summed E-state index contributed by atoms with van der Waals surface area (Å²) < 4.78 is 4.81. The molecular weight excluding hydrogens is 314 g/mol. The third-order valence-corrected chi connectivity index (χ3v) is 3.63. The third kappa shape index (κ3) is 4.93. The lowest BCUT2D eigenvalue weighted by molar-refractivity contribution is -0.136. The zero-order valence-electron chi connectivity index (χ0n) is 11.4. The minimum Gasteiger partial charge on any atom is -0.461 e. The molecule has 5 nitrogen and oxygen atoms in total. The maximum Gasteiger partial charge on any atom is 0.364 e. The summed E-state index contributed by atoms with van der Waals surface area (Å²) in [5.74, 6) is -1.16. The van der Waals surface area contributed by atoms with E-state index in [0.29, 0.717) is 0 Å². The molecule has 1 aliphatic carbocycles. The zero-order chi connectivity index (χ0) is 14.3. The molecule has 0 aromatic rings. The lowest BCUT2D eigenvalue weighted by Gasteiger charge is -2.30. The average molecular weight is 334 g/mol. The van der Waals surface area contributed by atoms with Crippen molar-refractivity contribution < 1.29 is 19.2 Å². The molecule has 6 heteroatoms. The standard InChI is InChI=1S/C13H20BrNO4/c1-3-18-12(17)11(10(16)9-14)15-19-13(2)7-5-4-6-8-13/h3-9H2,1-2H3/b15-11+. The lowest BCUT2D eigenvalue weighted by Crippen LogP contribution is -2.33. The molecule has 0 aromatic carbocycles. The molecule has 0 radical (unpaired) electrons. The smallest absolute Gasteiger partial charge is 0.364 e. The van der Waals surface area contributed by atoms with Crippen LogP contribution < -0.4 is 0 Å². The van der Waals surface area contributed by atoms with E-state index in [1.807, 2.05) is 6.92 Å². The Morgan fingerprint density at radius 2 is 1.89 bits per heavy atom. The maximum absolute atomic E-state index is 11.6. The second-order valence-electron chi connectivity index (χ2n) is 4.82. The van der Waals surface area contributed by atoms with E-state index < -0.39 is 11.8 Å². The number of hydrogen-bond donors (Lipinski definition) is 0. The van der Waals surface area contributed by atoms with Crippen LogP contribution in [0.2, 0.25) is 0 Å². The highest BCUT2D eigenvalue weighted by atomic mass is 79.9. The van der Waals surface area contributed by atoms with E-state index in [4.69, 9.17) is 9.57 Å². The molecule has 0 atom stereocenters. The van der Waals surface area contributed by atoms with Gasteiger partial charge in [0.15, 0.2) is 0 Å². The van der Waals surface area contributed by atoms with Crippen LogP contribution in [0.25, 0.3) is 0 Å². The average Bonchev–Trinajstić information content (AvgIpc) is 2.39. The van der Waals surface area contributed by atoms with Crippen molar-refractivity contribution in [1.29, 1.82) is 0 Å². The summed E-state index contributed by atoms with van der Waals surface area (Å²) in [6.07, 6.45) is 5.11. The summed E-state index contributed by atoms with van der Waals surface area (Å²) in [6.45, 7) is 3.83. The van der Waals surface area contributed by atoms with Crippen molar-refractivity contribution >= 4 is 33.4 Å². The molecular formula is C13H20BrNO4. The normalized spacial score (nSPS) is 18.8. The summed E-state index contributed by atoms with van der Waals surface area (Å²) in [7, 11) is 0. The fourth-order valence-electron chi connectivity index (χ4n) is 2.01. The van der Waals surface area contributed by atoms with Crippen LogP contribution in [0.3, 0.4) is 0 Å². The molecule has 19 heavy (non-hydrogen) atoms. The van der Waals surface area contributed by atoms with Crippen molar-refractivity contribution in [3.63, 3.8) is 0 Å². The maximum atomic E-state index is 11.6. The number of carbonyl (C=O) groups is 2. The van der Waals surface area contributed by atoms with Gasteiger partial charge in [-0.25, -0.2) is 4.79 Å². The predicted molar refractivity (Wildman–Crippen MR) is 75.4 cm³/mol. The van der Waals surface area contributed by atoms with Gasteiger partial charge in [0.25, 0.3) is 0 Å². The SMILES string of the molecule is CCOC(=O)/C(=N/OC1(C)CCCCC1)C(=O)CBr. The molecule has 0 amide bonds. The second-order valence-corrected chi connectivity index (χ2v) is 5.38. The number of rotatable bonds is 6. The molecule has 0 spiro atoms. The molecule has 1 aliphatic rings. The van der Waals surface area contributed by atoms with Crippen LogP contribution in [0.1, 0.15) is 46.0 Å². The number of esters is 1. The summed E-state index contributed by atoms with van der Waals surface area (Å²) in [5.41, 5.74) is -0.659. The molecule has 1 saturated carbocycles. The molecule has 1 fully saturated rings. The van der Waals surface area contributed by atoms with Crippen LogP contribution in [0.4, 0.5) is 0 Å². The number of halogens is 1. The Hall–Kier alpha value is -0.910. The van der Waals surface area contributed by atoms with Gasteiger partial charge in [0.1, 0.15) is 5.60 Å². The van der Waals surface area contributed by atoms with E-state index in [1.54, 1.807) is 6.92 Å². The van der Waals surface area contributed by atoms with Gasteiger partial charge in [-0.15, -0.1) is 0 Å². The Bertz CT molecular complexity index is 362. The number of carbonyl (C=O) groups excluding carboxylic acids is 2. The van der Waals surface area contributed by atoms with Crippen LogP contribution in [0.5, 0.6) is 0 Å².